The Morgan fingerprint density at radius 3 is 2.74 bits per heavy atom. The molecule has 3 rings (SSSR count). The summed E-state index contributed by atoms with van der Waals surface area (Å²) in [4.78, 5) is 12.7. The van der Waals surface area contributed by atoms with Crippen molar-refractivity contribution in [3.05, 3.63) is 53.5 Å². The van der Waals surface area contributed by atoms with Gasteiger partial charge >= 0.3 is 0 Å². The summed E-state index contributed by atoms with van der Waals surface area (Å²) in [5.74, 6) is 2.16. The summed E-state index contributed by atoms with van der Waals surface area (Å²) < 4.78 is 32.2. The summed E-state index contributed by atoms with van der Waals surface area (Å²) in [5.41, 5.74) is 1.17. The number of hydrogen-bond acceptors (Lipinski definition) is 5. The summed E-state index contributed by atoms with van der Waals surface area (Å²) >= 11 is 1.67. The van der Waals surface area contributed by atoms with Crippen molar-refractivity contribution in [1.82, 2.24) is 9.62 Å². The number of furan rings is 1. The molecule has 2 heterocycles. The summed E-state index contributed by atoms with van der Waals surface area (Å²) in [7, 11) is -3.53. The Kier molecular flexibility index (Phi) is 6.62. The highest BCUT2D eigenvalue weighted by atomic mass is 32.2. The van der Waals surface area contributed by atoms with Crippen LogP contribution in [0.4, 0.5) is 0 Å². The Morgan fingerprint density at radius 1 is 1.26 bits per heavy atom. The van der Waals surface area contributed by atoms with Crippen LogP contribution in [0, 0.1) is 6.92 Å². The number of benzene rings is 1. The van der Waals surface area contributed by atoms with Gasteiger partial charge in [0.25, 0.3) is 5.91 Å². The van der Waals surface area contributed by atoms with Crippen LogP contribution < -0.4 is 5.32 Å². The summed E-state index contributed by atoms with van der Waals surface area (Å²) in [6.45, 7) is 3.41. The number of nitrogens with one attached hydrogen (secondary N) is 1. The highest BCUT2D eigenvalue weighted by molar-refractivity contribution is 7.98. The van der Waals surface area contributed by atoms with E-state index in [1.807, 2.05) is 19.1 Å². The summed E-state index contributed by atoms with van der Waals surface area (Å²) in [6, 6.07) is 8.54. The molecule has 1 aliphatic heterocycles. The fraction of sp³-hybridized carbons (Fsp3) is 0.421. The lowest BCUT2D eigenvalue weighted by molar-refractivity contribution is 0.0955. The van der Waals surface area contributed by atoms with Crippen LogP contribution >= 0.6 is 11.8 Å². The average molecular weight is 409 g/mol. The van der Waals surface area contributed by atoms with Crippen LogP contribution in [0.3, 0.4) is 0 Å². The molecule has 0 bridgehead atoms. The number of carbonyl (C=O) groups excluding carboxylic acids is 1. The van der Waals surface area contributed by atoms with Crippen LogP contribution in [-0.2, 0) is 15.8 Å². The molecule has 1 saturated heterocycles. The Hall–Kier alpha value is -1.77. The third kappa shape index (κ3) is 4.94. The molecule has 0 unspecified atom stereocenters. The molecule has 1 N–H and O–H groups in total. The minimum atomic E-state index is -3.53. The number of thioether (sulfide) groups is 1. The molecule has 6 nitrogen and oxygen atoms in total. The number of amides is 1. The molecule has 0 atom stereocenters. The maximum atomic E-state index is 12.7. The van der Waals surface area contributed by atoms with Gasteiger partial charge in [-0.3, -0.25) is 4.79 Å². The van der Waals surface area contributed by atoms with E-state index in [1.165, 1.54) is 10.4 Å². The van der Waals surface area contributed by atoms with Gasteiger partial charge in [-0.15, -0.1) is 0 Å². The topological polar surface area (TPSA) is 79.6 Å². The molecule has 1 aromatic carbocycles. The maximum Gasteiger partial charge on any atom is 0.251 e. The largest absolute Gasteiger partial charge is 0.468 e. The molecule has 2 aromatic rings. The lowest BCUT2D eigenvalue weighted by atomic mass is 10.1. The van der Waals surface area contributed by atoms with Crippen molar-refractivity contribution in [2.45, 2.75) is 30.4 Å². The van der Waals surface area contributed by atoms with Gasteiger partial charge in [0.1, 0.15) is 5.76 Å². The fourth-order valence-corrected chi connectivity index (χ4v) is 5.28. The first-order valence-electron chi connectivity index (χ1n) is 8.97. The Bertz CT molecular complexity index is 873. The smallest absolute Gasteiger partial charge is 0.251 e. The molecule has 0 aliphatic carbocycles. The first-order valence-corrected chi connectivity index (χ1v) is 11.6. The third-order valence-corrected chi connectivity index (χ3v) is 7.39. The Labute approximate surface area is 164 Å². The van der Waals surface area contributed by atoms with E-state index >= 15 is 0 Å². The van der Waals surface area contributed by atoms with Crippen molar-refractivity contribution in [1.29, 1.82) is 0 Å². The predicted molar refractivity (Wildman–Crippen MR) is 106 cm³/mol. The van der Waals surface area contributed by atoms with E-state index < -0.39 is 10.0 Å². The van der Waals surface area contributed by atoms with Crippen LogP contribution in [0.5, 0.6) is 0 Å². The van der Waals surface area contributed by atoms with Crippen LogP contribution in [-0.4, -0.2) is 44.0 Å². The number of carbonyl (C=O) groups is 1. The fourth-order valence-electron chi connectivity index (χ4n) is 2.98. The second-order valence-electron chi connectivity index (χ2n) is 6.48. The van der Waals surface area contributed by atoms with Crippen molar-refractivity contribution in [3.63, 3.8) is 0 Å². The van der Waals surface area contributed by atoms with Crippen LogP contribution in [0.2, 0.25) is 0 Å². The summed E-state index contributed by atoms with van der Waals surface area (Å²) in [6.07, 6.45) is 3.41. The molecule has 1 fully saturated rings. The van der Waals surface area contributed by atoms with Gasteiger partial charge in [0, 0.05) is 31.0 Å². The molecular weight excluding hydrogens is 384 g/mol. The maximum absolute atomic E-state index is 12.7. The molecule has 0 spiro atoms. The zero-order valence-electron chi connectivity index (χ0n) is 15.3. The van der Waals surface area contributed by atoms with Crippen LogP contribution in [0.1, 0.15) is 34.5 Å². The SMILES string of the molecule is Cc1ccc(S(=O)(=O)N2CCCC2)cc1C(=O)NCCSCc1ccco1. The van der Waals surface area contributed by atoms with Crippen molar-refractivity contribution < 1.29 is 17.6 Å². The zero-order chi connectivity index (χ0) is 19.3. The highest BCUT2D eigenvalue weighted by Gasteiger charge is 2.28. The lowest BCUT2D eigenvalue weighted by Gasteiger charge is -2.16. The molecule has 8 heteroatoms. The molecular formula is C19H24N2O4S2. The van der Waals surface area contributed by atoms with E-state index in [9.17, 15) is 13.2 Å². The lowest BCUT2D eigenvalue weighted by Crippen LogP contribution is -2.29. The molecule has 1 aromatic heterocycles. The average Bonchev–Trinajstić information content (AvgIpc) is 3.35. The first kappa shape index (κ1) is 20.0. The van der Waals surface area contributed by atoms with E-state index in [4.69, 9.17) is 4.42 Å². The molecule has 27 heavy (non-hydrogen) atoms. The van der Waals surface area contributed by atoms with Gasteiger partial charge in [0.2, 0.25) is 10.0 Å². The highest BCUT2D eigenvalue weighted by Crippen LogP contribution is 2.23. The Balaban J connectivity index is 1.59. The predicted octanol–water partition coefficient (Wildman–Crippen LogP) is 3.04. The van der Waals surface area contributed by atoms with Gasteiger partial charge in [-0.05, 0) is 49.6 Å². The molecule has 0 radical (unpaired) electrons. The van der Waals surface area contributed by atoms with Gasteiger partial charge in [-0.25, -0.2) is 8.42 Å². The van der Waals surface area contributed by atoms with Crippen LogP contribution in [0.25, 0.3) is 0 Å². The minimum Gasteiger partial charge on any atom is -0.468 e. The number of nitrogens with zero attached hydrogens (tertiary/aromatic N) is 1. The second kappa shape index (κ2) is 8.95. The van der Waals surface area contributed by atoms with E-state index in [0.717, 1.165) is 35.7 Å². The quantitative estimate of drug-likeness (QED) is 0.679. The number of rotatable bonds is 8. The third-order valence-electron chi connectivity index (χ3n) is 4.51. The summed E-state index contributed by atoms with van der Waals surface area (Å²) in [5, 5.41) is 2.87. The van der Waals surface area contributed by atoms with Crippen molar-refractivity contribution in [2.75, 3.05) is 25.4 Å². The van der Waals surface area contributed by atoms with Gasteiger partial charge in [0.15, 0.2) is 0 Å². The molecule has 1 amide bonds. The number of aryl methyl sites for hydroxylation is 1. The van der Waals surface area contributed by atoms with E-state index in [2.05, 4.69) is 5.32 Å². The van der Waals surface area contributed by atoms with Crippen LogP contribution in [0.15, 0.2) is 45.9 Å². The number of hydrogen-bond donors (Lipinski definition) is 1. The van der Waals surface area contributed by atoms with Gasteiger partial charge < -0.3 is 9.73 Å². The van der Waals surface area contributed by atoms with Gasteiger partial charge in [0.05, 0.1) is 16.9 Å². The molecule has 146 valence electrons. The Morgan fingerprint density at radius 2 is 2.04 bits per heavy atom. The van der Waals surface area contributed by atoms with E-state index in [0.29, 0.717) is 25.2 Å². The van der Waals surface area contributed by atoms with E-state index in [-0.39, 0.29) is 10.8 Å². The van der Waals surface area contributed by atoms with Crippen molar-refractivity contribution in [2.24, 2.45) is 0 Å². The first-order chi connectivity index (χ1) is 13.0. The van der Waals surface area contributed by atoms with Crippen molar-refractivity contribution in [3.8, 4) is 0 Å². The molecule has 1 aliphatic rings. The zero-order valence-corrected chi connectivity index (χ0v) is 16.9. The molecule has 0 saturated carbocycles. The monoisotopic (exact) mass is 408 g/mol. The van der Waals surface area contributed by atoms with E-state index in [1.54, 1.807) is 30.2 Å². The van der Waals surface area contributed by atoms with Gasteiger partial charge in [-0.2, -0.15) is 16.1 Å². The van der Waals surface area contributed by atoms with Crippen molar-refractivity contribution >= 4 is 27.7 Å². The normalized spacial score (nSPS) is 15.1. The van der Waals surface area contributed by atoms with Gasteiger partial charge in [-0.1, -0.05) is 6.07 Å². The minimum absolute atomic E-state index is 0.187. The second-order valence-corrected chi connectivity index (χ2v) is 9.52. The number of sulfonamides is 1. The standard InChI is InChI=1S/C19H24N2O4S2/c1-15-6-7-17(27(23,24)21-9-2-3-10-21)13-18(15)19(22)20-8-12-26-14-16-5-4-11-25-16/h4-7,11,13H,2-3,8-10,12,14H2,1H3,(H,20,22).